The van der Waals surface area contributed by atoms with Crippen molar-refractivity contribution in [2.45, 2.75) is 18.4 Å². The summed E-state index contributed by atoms with van der Waals surface area (Å²) in [5.74, 6) is -0.607. The number of aromatic nitrogens is 2. The molecule has 1 N–H and O–H groups in total. The van der Waals surface area contributed by atoms with Gasteiger partial charge in [-0.15, -0.1) is 0 Å². The van der Waals surface area contributed by atoms with Gasteiger partial charge in [0.25, 0.3) is 11.8 Å². The Hall–Kier alpha value is -3.49. The van der Waals surface area contributed by atoms with Crippen molar-refractivity contribution in [1.82, 2.24) is 25.1 Å². The molecule has 4 rings (SSSR count). The lowest BCUT2D eigenvalue weighted by molar-refractivity contribution is -0.134. The number of hydrogen-bond donors (Lipinski definition) is 1. The molecule has 1 aromatic heterocycles. The highest BCUT2D eigenvalue weighted by molar-refractivity contribution is 5.99. The van der Waals surface area contributed by atoms with Crippen molar-refractivity contribution < 1.29 is 19.1 Å². The number of nitrogens with one attached hydrogen (secondary N) is 1. The van der Waals surface area contributed by atoms with Crippen LogP contribution in [0.5, 0.6) is 5.75 Å². The highest BCUT2D eigenvalue weighted by Crippen LogP contribution is 2.37. The number of rotatable bonds is 3. The Labute approximate surface area is 180 Å². The minimum absolute atomic E-state index is 0.122. The number of benzene rings is 1. The maximum absolute atomic E-state index is 13.2. The van der Waals surface area contributed by atoms with Gasteiger partial charge < -0.3 is 19.9 Å². The Morgan fingerprint density at radius 3 is 2.68 bits per heavy atom. The summed E-state index contributed by atoms with van der Waals surface area (Å²) in [7, 11) is 4.92. The van der Waals surface area contributed by atoms with Gasteiger partial charge in [0.1, 0.15) is 12.1 Å². The number of ether oxygens (including phenoxy) is 1. The first-order valence-corrected chi connectivity index (χ1v) is 10.1. The van der Waals surface area contributed by atoms with Gasteiger partial charge in [0.15, 0.2) is 0 Å². The minimum atomic E-state index is -0.865. The molecule has 1 saturated heterocycles. The van der Waals surface area contributed by atoms with Gasteiger partial charge in [-0.25, -0.2) is 9.97 Å². The van der Waals surface area contributed by atoms with Crippen molar-refractivity contribution in [3.63, 3.8) is 0 Å². The third kappa shape index (κ3) is 3.71. The van der Waals surface area contributed by atoms with Crippen LogP contribution in [0.3, 0.4) is 0 Å². The van der Waals surface area contributed by atoms with Crippen LogP contribution in [-0.2, 0) is 11.2 Å². The summed E-state index contributed by atoms with van der Waals surface area (Å²) < 4.78 is 5.27. The molecule has 31 heavy (non-hydrogen) atoms. The van der Waals surface area contributed by atoms with Gasteiger partial charge in [-0.1, -0.05) is 6.07 Å². The van der Waals surface area contributed by atoms with Crippen LogP contribution in [0.15, 0.2) is 36.9 Å². The summed E-state index contributed by atoms with van der Waals surface area (Å²) in [6, 6.07) is 5.42. The standard InChI is InChI=1S/C22H25N5O4/c1-26(2)21(30)18-11-27(20(29)15-9-23-13-24-10-15)12-22(18)7-6-14-4-5-16(31-3)8-17(14)19(28)25-22/h4-5,8-10,13,18H,6-7,11-12H2,1-3H3,(H,25,28)/t18-,22+/m1/s1. The van der Waals surface area contributed by atoms with Crippen LogP contribution in [0, 0.1) is 5.92 Å². The Morgan fingerprint density at radius 2 is 2.00 bits per heavy atom. The third-order valence-electron chi connectivity index (χ3n) is 6.14. The Bertz CT molecular complexity index is 1030. The normalized spacial score (nSPS) is 22.5. The van der Waals surface area contributed by atoms with E-state index in [2.05, 4.69) is 15.3 Å². The van der Waals surface area contributed by atoms with Crippen LogP contribution in [0.2, 0.25) is 0 Å². The molecule has 3 amide bonds. The van der Waals surface area contributed by atoms with Crippen LogP contribution in [-0.4, -0.2) is 77.3 Å². The van der Waals surface area contributed by atoms with Crippen LogP contribution in [0.4, 0.5) is 0 Å². The van der Waals surface area contributed by atoms with Gasteiger partial charge in [-0.2, -0.15) is 0 Å². The van der Waals surface area contributed by atoms with E-state index < -0.39 is 11.5 Å². The fourth-order valence-electron chi connectivity index (χ4n) is 4.49. The largest absolute Gasteiger partial charge is 0.497 e. The van der Waals surface area contributed by atoms with Gasteiger partial charge in [0.2, 0.25) is 5.91 Å². The van der Waals surface area contributed by atoms with E-state index in [0.29, 0.717) is 29.7 Å². The van der Waals surface area contributed by atoms with Gasteiger partial charge in [-0.05, 0) is 30.5 Å². The number of methoxy groups -OCH3 is 1. The number of hydrogen-bond acceptors (Lipinski definition) is 6. The Morgan fingerprint density at radius 1 is 1.26 bits per heavy atom. The van der Waals surface area contributed by atoms with Gasteiger partial charge in [-0.3, -0.25) is 14.4 Å². The molecular formula is C22H25N5O4. The second-order valence-electron chi connectivity index (χ2n) is 8.23. The number of aryl methyl sites for hydroxylation is 1. The summed E-state index contributed by atoms with van der Waals surface area (Å²) in [5, 5.41) is 3.12. The second kappa shape index (κ2) is 7.98. The first kappa shape index (κ1) is 20.8. The van der Waals surface area contributed by atoms with Crippen LogP contribution in [0.1, 0.15) is 32.7 Å². The predicted molar refractivity (Wildman–Crippen MR) is 112 cm³/mol. The quantitative estimate of drug-likeness (QED) is 0.782. The maximum Gasteiger partial charge on any atom is 0.257 e. The molecule has 1 spiro atoms. The number of carbonyl (C=O) groups is 3. The lowest BCUT2D eigenvalue weighted by Crippen LogP contribution is -2.57. The van der Waals surface area contributed by atoms with Crippen molar-refractivity contribution in [2.24, 2.45) is 5.92 Å². The lowest BCUT2D eigenvalue weighted by atomic mass is 9.81. The Kier molecular flexibility index (Phi) is 5.34. The van der Waals surface area contributed by atoms with Crippen LogP contribution < -0.4 is 10.1 Å². The summed E-state index contributed by atoms with van der Waals surface area (Å²) >= 11 is 0. The SMILES string of the molecule is COc1ccc2c(c1)C(=O)N[C@@]1(CC2)CN(C(=O)c2cncnc2)C[C@@H]1C(=O)N(C)C. The predicted octanol–water partition coefficient (Wildman–Crippen LogP) is 0.760. The molecule has 1 aromatic carbocycles. The lowest BCUT2D eigenvalue weighted by Gasteiger charge is -2.34. The van der Waals surface area contributed by atoms with E-state index >= 15 is 0 Å². The summed E-state index contributed by atoms with van der Waals surface area (Å²) in [4.78, 5) is 50.3. The second-order valence-corrected chi connectivity index (χ2v) is 8.23. The molecule has 0 saturated carbocycles. The molecule has 0 unspecified atom stereocenters. The van der Waals surface area contributed by atoms with Gasteiger partial charge in [0.05, 0.1) is 24.1 Å². The molecule has 9 nitrogen and oxygen atoms in total. The van der Waals surface area contributed by atoms with E-state index in [1.54, 1.807) is 32.2 Å². The zero-order chi connectivity index (χ0) is 22.2. The smallest absolute Gasteiger partial charge is 0.257 e. The first-order chi connectivity index (χ1) is 14.8. The van der Waals surface area contributed by atoms with Crippen LogP contribution >= 0.6 is 0 Å². The summed E-state index contributed by atoms with van der Waals surface area (Å²) in [6.45, 7) is 0.451. The summed E-state index contributed by atoms with van der Waals surface area (Å²) in [6.07, 6.45) is 5.41. The number of carbonyl (C=O) groups excluding carboxylic acids is 3. The molecule has 2 atom stereocenters. The summed E-state index contributed by atoms with van der Waals surface area (Å²) in [5.41, 5.74) is 0.917. The third-order valence-corrected chi connectivity index (χ3v) is 6.14. The van der Waals surface area contributed by atoms with Gasteiger partial charge in [0, 0.05) is 45.1 Å². The van der Waals surface area contributed by atoms with E-state index in [4.69, 9.17) is 4.74 Å². The van der Waals surface area contributed by atoms with E-state index in [0.717, 1.165) is 5.56 Å². The maximum atomic E-state index is 13.2. The van der Waals surface area contributed by atoms with Crippen molar-refractivity contribution in [3.8, 4) is 5.75 Å². The zero-order valence-corrected chi connectivity index (χ0v) is 17.8. The fraction of sp³-hybridized carbons (Fsp3) is 0.409. The first-order valence-electron chi connectivity index (χ1n) is 10.1. The van der Waals surface area contributed by atoms with Crippen molar-refractivity contribution in [1.29, 1.82) is 0 Å². The van der Waals surface area contributed by atoms with Crippen molar-refractivity contribution in [2.75, 3.05) is 34.3 Å². The Balaban J connectivity index is 1.69. The van der Waals surface area contributed by atoms with Gasteiger partial charge >= 0.3 is 0 Å². The number of likely N-dealkylation sites (tertiary alicyclic amines) is 1. The number of amides is 3. The number of nitrogens with zero attached hydrogens (tertiary/aromatic N) is 4. The minimum Gasteiger partial charge on any atom is -0.497 e. The van der Waals surface area contributed by atoms with Crippen LogP contribution in [0.25, 0.3) is 0 Å². The molecule has 9 heteroatoms. The molecule has 2 aliphatic rings. The average molecular weight is 423 g/mol. The monoisotopic (exact) mass is 423 g/mol. The molecule has 162 valence electrons. The van der Waals surface area contributed by atoms with E-state index in [9.17, 15) is 14.4 Å². The zero-order valence-electron chi connectivity index (χ0n) is 17.8. The van der Waals surface area contributed by atoms with E-state index in [1.807, 2.05) is 12.1 Å². The average Bonchev–Trinajstić information content (AvgIpc) is 3.09. The molecular weight excluding hydrogens is 398 g/mol. The molecule has 0 aliphatic carbocycles. The molecule has 1 fully saturated rings. The molecule has 3 heterocycles. The number of fused-ring (bicyclic) bond motifs is 1. The fourth-order valence-corrected chi connectivity index (χ4v) is 4.49. The molecule has 0 bridgehead atoms. The van der Waals surface area contributed by atoms with Crippen molar-refractivity contribution >= 4 is 17.7 Å². The topological polar surface area (TPSA) is 105 Å². The highest BCUT2D eigenvalue weighted by atomic mass is 16.5. The molecule has 0 radical (unpaired) electrons. The highest BCUT2D eigenvalue weighted by Gasteiger charge is 2.53. The van der Waals surface area contributed by atoms with E-state index in [-0.39, 0.29) is 30.8 Å². The van der Waals surface area contributed by atoms with Crippen molar-refractivity contribution in [3.05, 3.63) is 53.6 Å². The molecule has 2 aliphatic heterocycles. The van der Waals surface area contributed by atoms with E-state index in [1.165, 1.54) is 23.6 Å². The molecule has 2 aromatic rings.